The number of aromatic nitrogens is 4. The molecule has 0 radical (unpaired) electrons. The molecular weight excluding hydrogens is 538 g/mol. The topological polar surface area (TPSA) is 123 Å². The van der Waals surface area contributed by atoms with E-state index in [0.29, 0.717) is 45.5 Å². The number of fused-ring (bicyclic) bond motifs is 1. The van der Waals surface area contributed by atoms with Crippen LogP contribution in [0.5, 0.6) is 0 Å². The maximum absolute atomic E-state index is 14.0. The minimum Gasteiger partial charge on any atom is -0.310 e. The maximum Gasteiger partial charge on any atom is 0.473 e. The summed E-state index contributed by atoms with van der Waals surface area (Å²) in [5.74, 6) is -0.846. The Bertz CT molecular complexity index is 1590. The summed E-state index contributed by atoms with van der Waals surface area (Å²) >= 11 is 0. The SMILES string of the molecule is CCOP(=O)(O)OCn1cc(-c2ccnc(F)c2)c2cc(-c3cncc(N(C)C(=O)/C=C/CN(C)C)c3)cnc21. The zero-order valence-electron chi connectivity index (χ0n) is 22.6. The smallest absolute Gasteiger partial charge is 0.310 e. The minimum absolute atomic E-state index is 0.00358. The van der Waals surface area contributed by atoms with Crippen molar-refractivity contribution in [2.75, 3.05) is 39.2 Å². The number of carbonyl (C=O) groups excluding carboxylic acids is 1. The third-order valence-corrected chi connectivity index (χ3v) is 6.94. The highest BCUT2D eigenvalue weighted by Crippen LogP contribution is 2.44. The number of hydrogen-bond acceptors (Lipinski definition) is 8. The Morgan fingerprint density at radius 1 is 1.10 bits per heavy atom. The van der Waals surface area contributed by atoms with Gasteiger partial charge in [-0.15, -0.1) is 0 Å². The van der Waals surface area contributed by atoms with E-state index in [9.17, 15) is 18.6 Å². The largest absolute Gasteiger partial charge is 0.473 e. The molecule has 4 aromatic rings. The summed E-state index contributed by atoms with van der Waals surface area (Å²) in [6.45, 7) is 1.90. The quantitative estimate of drug-likeness (QED) is 0.158. The molecule has 4 aromatic heterocycles. The van der Waals surface area contributed by atoms with E-state index < -0.39 is 13.8 Å². The zero-order chi connectivity index (χ0) is 28.9. The van der Waals surface area contributed by atoms with Gasteiger partial charge in [0, 0.05) is 72.6 Å². The lowest BCUT2D eigenvalue weighted by Gasteiger charge is -2.16. The molecule has 1 unspecified atom stereocenters. The third kappa shape index (κ3) is 7.04. The van der Waals surface area contributed by atoms with Gasteiger partial charge in [0.1, 0.15) is 12.4 Å². The van der Waals surface area contributed by atoms with E-state index in [-0.39, 0.29) is 19.2 Å². The molecule has 1 N–H and O–H groups in total. The Balaban J connectivity index is 1.72. The number of halogens is 1. The molecule has 13 heteroatoms. The molecule has 11 nitrogen and oxygen atoms in total. The second-order valence-corrected chi connectivity index (χ2v) is 10.6. The van der Waals surface area contributed by atoms with Crippen molar-refractivity contribution in [2.45, 2.75) is 13.7 Å². The Morgan fingerprint density at radius 2 is 1.88 bits per heavy atom. The Kier molecular flexibility index (Phi) is 9.18. The standard InChI is InChI=1S/C27H30FN6O5P/c1-5-38-40(36,37)39-18-34-17-24(19-8-9-30-25(28)13-19)23-12-21(15-31-27(23)34)20-11-22(16-29-14-20)33(4)26(35)7-6-10-32(2)3/h6-9,11-17H,5,10,18H2,1-4H3,(H,36,37)/b7-6+. The second kappa shape index (κ2) is 12.6. The maximum atomic E-state index is 14.0. The predicted octanol–water partition coefficient (Wildman–Crippen LogP) is 4.49. The van der Waals surface area contributed by atoms with Crippen LogP contribution < -0.4 is 4.90 Å². The van der Waals surface area contributed by atoms with Gasteiger partial charge < -0.3 is 19.3 Å². The second-order valence-electron chi connectivity index (χ2n) is 9.11. The number of carbonyl (C=O) groups is 1. The van der Waals surface area contributed by atoms with Gasteiger partial charge in [-0.1, -0.05) is 6.08 Å². The van der Waals surface area contributed by atoms with Gasteiger partial charge in [0.25, 0.3) is 0 Å². The highest BCUT2D eigenvalue weighted by Gasteiger charge is 2.22. The first kappa shape index (κ1) is 29.2. The lowest BCUT2D eigenvalue weighted by atomic mass is 10.0. The molecule has 210 valence electrons. The lowest BCUT2D eigenvalue weighted by molar-refractivity contribution is -0.113. The monoisotopic (exact) mass is 568 g/mol. The van der Waals surface area contributed by atoms with Crippen molar-refractivity contribution in [1.29, 1.82) is 0 Å². The van der Waals surface area contributed by atoms with Gasteiger partial charge in [0.2, 0.25) is 11.9 Å². The van der Waals surface area contributed by atoms with Crippen molar-refractivity contribution >= 4 is 30.5 Å². The van der Waals surface area contributed by atoms with Gasteiger partial charge in [-0.05, 0) is 44.8 Å². The van der Waals surface area contributed by atoms with E-state index in [1.165, 1.54) is 27.8 Å². The molecule has 0 saturated carbocycles. The first-order valence-electron chi connectivity index (χ1n) is 12.3. The number of likely N-dealkylation sites (N-methyl/N-ethyl adjacent to an activating group) is 2. The summed E-state index contributed by atoms with van der Waals surface area (Å²) < 4.78 is 37.5. The summed E-state index contributed by atoms with van der Waals surface area (Å²) in [5.41, 5.74) is 3.58. The van der Waals surface area contributed by atoms with Crippen LogP contribution in [0.3, 0.4) is 0 Å². The van der Waals surface area contributed by atoms with Gasteiger partial charge in [-0.2, -0.15) is 4.39 Å². The number of hydrogen-bond donors (Lipinski definition) is 1. The van der Waals surface area contributed by atoms with Crippen LogP contribution in [0.4, 0.5) is 10.1 Å². The molecule has 0 saturated heterocycles. The number of anilines is 1. The molecule has 1 atom stereocenters. The van der Waals surface area contributed by atoms with E-state index >= 15 is 0 Å². The summed E-state index contributed by atoms with van der Waals surface area (Å²) in [5, 5.41) is 0.636. The van der Waals surface area contributed by atoms with E-state index in [1.807, 2.05) is 31.1 Å². The first-order valence-corrected chi connectivity index (χ1v) is 13.8. The van der Waals surface area contributed by atoms with Crippen LogP contribution in [0.2, 0.25) is 0 Å². The average Bonchev–Trinajstić information content (AvgIpc) is 3.29. The fraction of sp³-hybridized carbons (Fsp3) is 0.259. The molecule has 40 heavy (non-hydrogen) atoms. The molecule has 0 aliphatic carbocycles. The van der Waals surface area contributed by atoms with Gasteiger partial charge >= 0.3 is 7.82 Å². The number of amides is 1. The summed E-state index contributed by atoms with van der Waals surface area (Å²) in [6.07, 6.45) is 11.2. The molecule has 0 aliphatic rings. The highest BCUT2D eigenvalue weighted by atomic mass is 31.2. The van der Waals surface area contributed by atoms with Gasteiger partial charge in [0.15, 0.2) is 0 Å². The summed E-state index contributed by atoms with van der Waals surface area (Å²) in [7, 11) is 1.24. The molecule has 0 spiro atoms. The van der Waals surface area contributed by atoms with Crippen molar-refractivity contribution in [2.24, 2.45) is 0 Å². The van der Waals surface area contributed by atoms with Crippen molar-refractivity contribution in [1.82, 2.24) is 24.4 Å². The molecule has 4 heterocycles. The average molecular weight is 569 g/mol. The number of phosphoric ester groups is 1. The Morgan fingerprint density at radius 3 is 2.60 bits per heavy atom. The lowest BCUT2D eigenvalue weighted by Crippen LogP contribution is -2.24. The minimum atomic E-state index is -4.27. The zero-order valence-corrected chi connectivity index (χ0v) is 23.5. The fourth-order valence-electron chi connectivity index (χ4n) is 3.94. The van der Waals surface area contributed by atoms with Crippen LogP contribution in [-0.4, -0.2) is 69.5 Å². The molecule has 4 rings (SSSR count). The van der Waals surface area contributed by atoms with Crippen molar-refractivity contribution < 1.29 is 27.7 Å². The first-order chi connectivity index (χ1) is 19.1. The number of nitrogens with zero attached hydrogens (tertiary/aromatic N) is 6. The fourth-order valence-corrected chi connectivity index (χ4v) is 4.61. The highest BCUT2D eigenvalue weighted by molar-refractivity contribution is 7.47. The van der Waals surface area contributed by atoms with Crippen LogP contribution in [0.15, 0.2) is 67.4 Å². The molecule has 0 aliphatic heterocycles. The Hall–Kier alpha value is -3.80. The summed E-state index contributed by atoms with van der Waals surface area (Å²) in [6, 6.07) is 6.62. The normalized spacial score (nSPS) is 13.3. The van der Waals surface area contributed by atoms with E-state index in [1.54, 1.807) is 50.9 Å². The van der Waals surface area contributed by atoms with E-state index in [0.717, 1.165) is 0 Å². The molecule has 0 fully saturated rings. The van der Waals surface area contributed by atoms with Crippen LogP contribution in [0.25, 0.3) is 33.3 Å². The molecule has 0 bridgehead atoms. The molecule has 0 aromatic carbocycles. The van der Waals surface area contributed by atoms with Crippen LogP contribution in [0, 0.1) is 5.95 Å². The van der Waals surface area contributed by atoms with E-state index in [2.05, 4.69) is 15.0 Å². The third-order valence-electron chi connectivity index (χ3n) is 5.91. The van der Waals surface area contributed by atoms with Crippen LogP contribution in [0.1, 0.15) is 6.92 Å². The molecule has 1 amide bonds. The van der Waals surface area contributed by atoms with E-state index in [4.69, 9.17) is 9.05 Å². The Labute approximate surface area is 231 Å². The van der Waals surface area contributed by atoms with Gasteiger partial charge in [-0.3, -0.25) is 18.8 Å². The molecular formula is C27H30FN6O5P. The number of rotatable bonds is 11. The summed E-state index contributed by atoms with van der Waals surface area (Å²) in [4.78, 5) is 38.5. The van der Waals surface area contributed by atoms with Crippen molar-refractivity contribution in [3.8, 4) is 22.3 Å². The number of pyridine rings is 3. The van der Waals surface area contributed by atoms with Crippen molar-refractivity contribution in [3.63, 3.8) is 0 Å². The van der Waals surface area contributed by atoms with Crippen molar-refractivity contribution in [3.05, 3.63) is 73.3 Å². The number of phosphoric acid groups is 1. The van der Waals surface area contributed by atoms with Crippen LogP contribution in [-0.2, 0) is 25.1 Å². The van der Waals surface area contributed by atoms with Gasteiger partial charge in [0.05, 0.1) is 18.5 Å². The van der Waals surface area contributed by atoms with Crippen LogP contribution >= 0.6 is 7.82 Å². The predicted molar refractivity (Wildman–Crippen MR) is 150 cm³/mol. The van der Waals surface area contributed by atoms with Gasteiger partial charge in [-0.25, -0.2) is 14.5 Å².